The molecule has 1 aliphatic rings. The molecule has 0 aromatic heterocycles. The molecule has 0 bridgehead atoms. The average Bonchev–Trinajstić information content (AvgIpc) is 2.80. The van der Waals surface area contributed by atoms with Crippen LogP contribution in [-0.4, -0.2) is 11.1 Å². The molecule has 1 atom stereocenters. The molecule has 2 aromatic rings. The van der Waals surface area contributed by atoms with Crippen molar-refractivity contribution in [2.24, 2.45) is 0 Å². The van der Waals surface area contributed by atoms with Crippen LogP contribution in [0.2, 0.25) is 0 Å². The fourth-order valence-electron chi connectivity index (χ4n) is 2.94. The van der Waals surface area contributed by atoms with Crippen molar-refractivity contribution in [3.05, 3.63) is 59.7 Å². The zero-order valence-electron chi connectivity index (χ0n) is 11.2. The lowest BCUT2D eigenvalue weighted by molar-refractivity contribution is 0.468. The van der Waals surface area contributed by atoms with Gasteiger partial charge in [0.05, 0.1) is 0 Å². The molecule has 2 heteroatoms. The van der Waals surface area contributed by atoms with Crippen LogP contribution in [0.15, 0.2) is 48.5 Å². The number of benzene rings is 2. The summed E-state index contributed by atoms with van der Waals surface area (Å²) in [7, 11) is 0. The second-order valence-electron chi connectivity index (χ2n) is 5.15. The quantitative estimate of drug-likeness (QED) is 0.901. The normalized spacial score (nSPS) is 17.5. The minimum absolute atomic E-state index is 0.437. The van der Waals surface area contributed by atoms with E-state index in [0.29, 0.717) is 11.8 Å². The Morgan fingerprint density at radius 2 is 1.89 bits per heavy atom. The predicted octanol–water partition coefficient (Wildman–Crippen LogP) is 3.73. The first-order chi connectivity index (χ1) is 9.29. The van der Waals surface area contributed by atoms with Gasteiger partial charge in [-0.3, -0.25) is 0 Å². The van der Waals surface area contributed by atoms with Crippen LogP contribution in [0.5, 0.6) is 5.75 Å². The molecule has 19 heavy (non-hydrogen) atoms. The summed E-state index contributed by atoms with van der Waals surface area (Å²) in [6.07, 6.45) is 2.05. The molecule has 1 unspecified atom stereocenters. The van der Waals surface area contributed by atoms with Crippen molar-refractivity contribution in [2.45, 2.75) is 32.4 Å². The third-order valence-electron chi connectivity index (χ3n) is 3.98. The first kappa shape index (κ1) is 12.1. The summed E-state index contributed by atoms with van der Waals surface area (Å²) < 4.78 is 0. The molecular formula is C17H19NO. The molecule has 0 amide bonds. The highest BCUT2D eigenvalue weighted by molar-refractivity contribution is 5.64. The molecule has 0 fully saturated rings. The molecular weight excluding hydrogens is 234 g/mol. The summed E-state index contributed by atoms with van der Waals surface area (Å²) in [5, 5.41) is 10.0. The smallest absolute Gasteiger partial charge is 0.120 e. The van der Waals surface area contributed by atoms with E-state index in [-0.39, 0.29) is 0 Å². The number of aromatic hydroxyl groups is 1. The Kier molecular flexibility index (Phi) is 3.16. The van der Waals surface area contributed by atoms with Gasteiger partial charge in [-0.25, -0.2) is 0 Å². The Labute approximate surface area is 114 Å². The zero-order valence-corrected chi connectivity index (χ0v) is 11.2. The van der Waals surface area contributed by atoms with Crippen molar-refractivity contribution in [2.75, 3.05) is 4.90 Å². The maximum atomic E-state index is 10.0. The van der Waals surface area contributed by atoms with E-state index in [4.69, 9.17) is 0 Å². The van der Waals surface area contributed by atoms with E-state index in [0.717, 1.165) is 24.9 Å². The fourth-order valence-corrected chi connectivity index (χ4v) is 2.94. The lowest BCUT2D eigenvalue weighted by atomic mass is 10.1. The maximum absolute atomic E-state index is 10.0. The van der Waals surface area contributed by atoms with E-state index in [1.807, 2.05) is 12.1 Å². The lowest BCUT2D eigenvalue weighted by Crippen LogP contribution is -2.30. The van der Waals surface area contributed by atoms with Gasteiger partial charge < -0.3 is 10.0 Å². The number of phenolic OH excluding ortho intramolecular Hbond substituents is 1. The Bertz CT molecular complexity index is 565. The summed E-state index contributed by atoms with van der Waals surface area (Å²) in [5.74, 6) is 0.437. The molecule has 0 saturated heterocycles. The standard InChI is InChI=1S/C17H19NO/c1-2-14-11-15-16(9-6-10-17(15)19)18(14)12-13-7-4-3-5-8-13/h3-10,14,19H,2,11-12H2,1H3. The monoisotopic (exact) mass is 253 g/mol. The van der Waals surface area contributed by atoms with Crippen LogP contribution in [0.1, 0.15) is 24.5 Å². The van der Waals surface area contributed by atoms with E-state index < -0.39 is 0 Å². The highest BCUT2D eigenvalue weighted by Crippen LogP contribution is 2.39. The largest absolute Gasteiger partial charge is 0.508 e. The minimum atomic E-state index is 0.437. The van der Waals surface area contributed by atoms with Gasteiger partial charge in [0.15, 0.2) is 0 Å². The van der Waals surface area contributed by atoms with Gasteiger partial charge in [-0.05, 0) is 30.5 Å². The minimum Gasteiger partial charge on any atom is -0.508 e. The Morgan fingerprint density at radius 1 is 1.11 bits per heavy atom. The second kappa shape index (κ2) is 4.96. The summed E-state index contributed by atoms with van der Waals surface area (Å²) >= 11 is 0. The molecule has 1 N–H and O–H groups in total. The van der Waals surface area contributed by atoms with Gasteiger partial charge in [-0.15, -0.1) is 0 Å². The number of hydrogen-bond acceptors (Lipinski definition) is 2. The van der Waals surface area contributed by atoms with Crippen LogP contribution >= 0.6 is 0 Å². The molecule has 1 aliphatic heterocycles. The van der Waals surface area contributed by atoms with Crippen LogP contribution in [0.3, 0.4) is 0 Å². The van der Waals surface area contributed by atoms with E-state index in [1.54, 1.807) is 6.07 Å². The molecule has 2 aromatic carbocycles. The van der Waals surface area contributed by atoms with Crippen molar-refractivity contribution in [1.29, 1.82) is 0 Å². The maximum Gasteiger partial charge on any atom is 0.120 e. The van der Waals surface area contributed by atoms with Crippen molar-refractivity contribution >= 4 is 5.69 Å². The Hall–Kier alpha value is -1.96. The highest BCUT2D eigenvalue weighted by atomic mass is 16.3. The number of anilines is 1. The number of nitrogens with zero attached hydrogens (tertiary/aromatic N) is 1. The van der Waals surface area contributed by atoms with Crippen LogP contribution in [0.4, 0.5) is 5.69 Å². The highest BCUT2D eigenvalue weighted by Gasteiger charge is 2.29. The number of rotatable bonds is 3. The SMILES string of the molecule is CCC1Cc2c(O)cccc2N1Cc1ccccc1. The molecule has 1 heterocycles. The number of phenols is 1. The van der Waals surface area contributed by atoms with Crippen molar-refractivity contribution < 1.29 is 5.11 Å². The van der Waals surface area contributed by atoms with Gasteiger partial charge in [-0.1, -0.05) is 43.3 Å². The predicted molar refractivity (Wildman–Crippen MR) is 78.5 cm³/mol. The number of hydrogen-bond donors (Lipinski definition) is 1. The van der Waals surface area contributed by atoms with Crippen LogP contribution in [0, 0.1) is 0 Å². The third kappa shape index (κ3) is 2.19. The topological polar surface area (TPSA) is 23.5 Å². The summed E-state index contributed by atoms with van der Waals surface area (Å²) in [6, 6.07) is 16.9. The van der Waals surface area contributed by atoms with Crippen LogP contribution in [-0.2, 0) is 13.0 Å². The van der Waals surface area contributed by atoms with Gasteiger partial charge in [0.2, 0.25) is 0 Å². The van der Waals surface area contributed by atoms with E-state index in [9.17, 15) is 5.11 Å². The van der Waals surface area contributed by atoms with E-state index >= 15 is 0 Å². The van der Waals surface area contributed by atoms with Crippen molar-refractivity contribution in [3.63, 3.8) is 0 Å². The molecule has 0 spiro atoms. The van der Waals surface area contributed by atoms with Crippen LogP contribution < -0.4 is 4.90 Å². The van der Waals surface area contributed by atoms with Gasteiger partial charge >= 0.3 is 0 Å². The second-order valence-corrected chi connectivity index (χ2v) is 5.15. The number of fused-ring (bicyclic) bond motifs is 1. The fraction of sp³-hybridized carbons (Fsp3) is 0.294. The van der Waals surface area contributed by atoms with Gasteiger partial charge in [0.25, 0.3) is 0 Å². The summed E-state index contributed by atoms with van der Waals surface area (Å²) in [5.41, 5.74) is 3.61. The zero-order chi connectivity index (χ0) is 13.2. The first-order valence-electron chi connectivity index (χ1n) is 6.91. The van der Waals surface area contributed by atoms with Gasteiger partial charge in [0.1, 0.15) is 5.75 Å². The molecule has 3 rings (SSSR count). The third-order valence-corrected chi connectivity index (χ3v) is 3.98. The molecule has 98 valence electrons. The Balaban J connectivity index is 1.94. The summed E-state index contributed by atoms with van der Waals surface area (Å²) in [4.78, 5) is 2.42. The molecule has 0 aliphatic carbocycles. The van der Waals surface area contributed by atoms with E-state index in [2.05, 4.69) is 42.2 Å². The molecule has 0 saturated carbocycles. The van der Waals surface area contributed by atoms with E-state index in [1.165, 1.54) is 11.3 Å². The van der Waals surface area contributed by atoms with Crippen molar-refractivity contribution in [1.82, 2.24) is 0 Å². The average molecular weight is 253 g/mol. The van der Waals surface area contributed by atoms with Gasteiger partial charge in [0, 0.05) is 23.8 Å². The molecule has 2 nitrogen and oxygen atoms in total. The van der Waals surface area contributed by atoms with Crippen molar-refractivity contribution in [3.8, 4) is 5.75 Å². The van der Waals surface area contributed by atoms with Gasteiger partial charge in [-0.2, -0.15) is 0 Å². The summed E-state index contributed by atoms with van der Waals surface area (Å²) in [6.45, 7) is 3.13. The first-order valence-corrected chi connectivity index (χ1v) is 6.91. The Morgan fingerprint density at radius 3 is 2.63 bits per heavy atom. The van der Waals surface area contributed by atoms with Crippen LogP contribution in [0.25, 0.3) is 0 Å². The molecule has 0 radical (unpaired) electrons. The lowest BCUT2D eigenvalue weighted by Gasteiger charge is -2.27.